The van der Waals surface area contributed by atoms with Crippen LogP contribution in [-0.4, -0.2) is 0 Å². The molecule has 0 fully saturated rings. The van der Waals surface area contributed by atoms with Gasteiger partial charge in [-0.2, -0.15) is 5.26 Å². The molecule has 0 amide bonds. The first-order valence-electron chi connectivity index (χ1n) is 8.42. The van der Waals surface area contributed by atoms with Crippen molar-refractivity contribution < 1.29 is 4.74 Å². The zero-order chi connectivity index (χ0) is 19.2. The Bertz CT molecular complexity index is 911. The van der Waals surface area contributed by atoms with Crippen molar-refractivity contribution in [2.24, 2.45) is 0 Å². The van der Waals surface area contributed by atoms with Gasteiger partial charge in [0.05, 0.1) is 11.6 Å². The molecule has 0 aliphatic heterocycles. The van der Waals surface area contributed by atoms with Crippen LogP contribution in [0.15, 0.2) is 61.7 Å². The van der Waals surface area contributed by atoms with Gasteiger partial charge in [0.2, 0.25) is 0 Å². The molecule has 3 nitrogen and oxygen atoms in total. The van der Waals surface area contributed by atoms with Crippen molar-refractivity contribution in [1.82, 2.24) is 0 Å². The average Bonchev–Trinajstić information content (AvgIpc) is 2.63. The summed E-state index contributed by atoms with van der Waals surface area (Å²) in [5.74, 6) is 0.555. The van der Waals surface area contributed by atoms with Gasteiger partial charge in [0.15, 0.2) is 0 Å². The molecule has 0 heterocycles. The van der Waals surface area contributed by atoms with Gasteiger partial charge in [0.1, 0.15) is 5.75 Å². The molecule has 2 aromatic rings. The Balaban J connectivity index is 2.53. The van der Waals surface area contributed by atoms with Gasteiger partial charge in [-0.1, -0.05) is 50.3 Å². The van der Waals surface area contributed by atoms with E-state index in [4.69, 9.17) is 10.00 Å². The van der Waals surface area contributed by atoms with Crippen LogP contribution in [0.1, 0.15) is 41.7 Å². The molecule has 2 aromatic carbocycles. The minimum absolute atomic E-state index is 0.273. The topological polar surface area (TPSA) is 56.8 Å². The second-order valence-corrected chi connectivity index (χ2v) is 6.61. The predicted molar refractivity (Wildman–Crippen MR) is 104 cm³/mol. The van der Waals surface area contributed by atoms with Crippen LogP contribution < -0.4 is 4.74 Å². The lowest BCUT2D eigenvalue weighted by Crippen LogP contribution is -2.19. The first kappa shape index (κ1) is 19.0. The number of hydrogen-bond acceptors (Lipinski definition) is 3. The molecule has 0 spiro atoms. The number of ether oxygens (including phenoxy) is 1. The average molecular weight is 342 g/mol. The fraction of sp³-hybridized carbons (Fsp3) is 0.217. The van der Waals surface area contributed by atoms with E-state index in [9.17, 15) is 5.26 Å². The lowest BCUT2D eigenvalue weighted by Gasteiger charge is -2.28. The summed E-state index contributed by atoms with van der Waals surface area (Å²) in [5, 5.41) is 18.1. The first-order valence-corrected chi connectivity index (χ1v) is 8.42. The van der Waals surface area contributed by atoms with Crippen LogP contribution in [0, 0.1) is 22.8 Å². The number of benzene rings is 2. The third kappa shape index (κ3) is 3.85. The Hall–Kier alpha value is -3.30. The summed E-state index contributed by atoms with van der Waals surface area (Å²) in [6.07, 6.45) is 6.61. The summed E-state index contributed by atoms with van der Waals surface area (Å²) in [6.45, 7) is 11.8. The van der Waals surface area contributed by atoms with Gasteiger partial charge >= 0.3 is 0 Å². The van der Waals surface area contributed by atoms with Gasteiger partial charge in [-0.3, -0.25) is 0 Å². The molecule has 0 radical (unpaired) electrons. The van der Waals surface area contributed by atoms with Gasteiger partial charge in [0.25, 0.3) is 6.26 Å². The molecule has 0 saturated carbocycles. The molecule has 0 unspecified atom stereocenters. The predicted octanol–water partition coefficient (Wildman–Crippen LogP) is 5.20. The fourth-order valence-corrected chi connectivity index (χ4v) is 3.01. The second kappa shape index (κ2) is 8.19. The van der Waals surface area contributed by atoms with E-state index in [1.807, 2.05) is 30.3 Å². The number of rotatable bonds is 7. The maximum Gasteiger partial charge on any atom is 0.292 e. The zero-order valence-electron chi connectivity index (χ0n) is 15.2. The SMILES string of the molecule is C=CCc1cc(C(C)(C)c2ccc(OC#N)c(CC=C)c2)ccc1C#N. The van der Waals surface area contributed by atoms with Gasteiger partial charge in [-0.25, -0.2) is 0 Å². The van der Waals surface area contributed by atoms with Crippen LogP contribution in [0.25, 0.3) is 0 Å². The molecule has 130 valence electrons. The van der Waals surface area contributed by atoms with Crippen LogP contribution >= 0.6 is 0 Å². The molecule has 26 heavy (non-hydrogen) atoms. The number of allylic oxidation sites excluding steroid dienone is 2. The minimum atomic E-state index is -0.273. The zero-order valence-corrected chi connectivity index (χ0v) is 15.2. The Morgan fingerprint density at radius 3 is 2.12 bits per heavy atom. The lowest BCUT2D eigenvalue weighted by atomic mass is 9.76. The Labute approximate surface area is 155 Å². The van der Waals surface area contributed by atoms with Gasteiger partial charge < -0.3 is 4.74 Å². The summed E-state index contributed by atoms with van der Waals surface area (Å²) in [6, 6.07) is 14.0. The molecule has 0 aromatic heterocycles. The van der Waals surface area contributed by atoms with Crippen molar-refractivity contribution in [3.63, 3.8) is 0 Å². The second-order valence-electron chi connectivity index (χ2n) is 6.61. The van der Waals surface area contributed by atoms with Crippen molar-refractivity contribution in [3.8, 4) is 18.1 Å². The third-order valence-electron chi connectivity index (χ3n) is 4.61. The maximum atomic E-state index is 9.30. The van der Waals surface area contributed by atoms with Crippen molar-refractivity contribution in [2.45, 2.75) is 32.1 Å². The number of nitrogens with zero attached hydrogens (tertiary/aromatic N) is 2. The molecule has 0 bridgehead atoms. The van der Waals surface area contributed by atoms with Gasteiger partial charge in [0, 0.05) is 5.41 Å². The Morgan fingerprint density at radius 1 is 0.962 bits per heavy atom. The monoisotopic (exact) mass is 342 g/mol. The van der Waals surface area contributed by atoms with E-state index in [1.165, 1.54) is 0 Å². The summed E-state index contributed by atoms with van der Waals surface area (Å²) in [7, 11) is 0. The van der Waals surface area contributed by atoms with Crippen molar-refractivity contribution in [3.05, 3.63) is 89.5 Å². The van der Waals surface area contributed by atoms with Crippen LogP contribution in [0.5, 0.6) is 5.75 Å². The van der Waals surface area contributed by atoms with E-state index in [-0.39, 0.29) is 5.41 Å². The Morgan fingerprint density at radius 2 is 1.54 bits per heavy atom. The quantitative estimate of drug-likeness (QED) is 0.513. The van der Waals surface area contributed by atoms with Crippen molar-refractivity contribution in [2.75, 3.05) is 0 Å². The van der Waals surface area contributed by atoms with E-state index in [0.717, 1.165) is 22.3 Å². The highest BCUT2D eigenvalue weighted by Crippen LogP contribution is 2.35. The van der Waals surface area contributed by atoms with E-state index >= 15 is 0 Å². The molecular formula is C23H22N2O. The maximum absolute atomic E-state index is 9.30. The lowest BCUT2D eigenvalue weighted by molar-refractivity contribution is 0.500. The van der Waals surface area contributed by atoms with E-state index in [2.05, 4.69) is 45.2 Å². The van der Waals surface area contributed by atoms with E-state index in [1.54, 1.807) is 12.3 Å². The van der Waals surface area contributed by atoms with Crippen LogP contribution in [0.3, 0.4) is 0 Å². The molecule has 0 aliphatic carbocycles. The molecule has 0 saturated heterocycles. The molecule has 3 heteroatoms. The van der Waals surface area contributed by atoms with E-state index in [0.29, 0.717) is 24.2 Å². The molecule has 0 atom stereocenters. The van der Waals surface area contributed by atoms with E-state index < -0.39 is 0 Å². The van der Waals surface area contributed by atoms with Crippen LogP contribution in [0.4, 0.5) is 0 Å². The normalized spacial score (nSPS) is 10.5. The van der Waals surface area contributed by atoms with Gasteiger partial charge in [-0.15, -0.1) is 18.4 Å². The largest absolute Gasteiger partial charge is 0.388 e. The van der Waals surface area contributed by atoms with Crippen LogP contribution in [-0.2, 0) is 18.3 Å². The van der Waals surface area contributed by atoms with Gasteiger partial charge in [-0.05, 0) is 47.2 Å². The summed E-state index contributed by atoms with van der Waals surface area (Å²) < 4.78 is 5.05. The van der Waals surface area contributed by atoms with Crippen LogP contribution in [0.2, 0.25) is 0 Å². The summed E-state index contributed by atoms with van der Waals surface area (Å²) in [5.41, 5.74) is 4.52. The molecule has 2 rings (SSSR count). The number of nitriles is 2. The minimum Gasteiger partial charge on any atom is -0.388 e. The summed E-state index contributed by atoms with van der Waals surface area (Å²) >= 11 is 0. The Kier molecular flexibility index (Phi) is 5.99. The molecule has 0 N–H and O–H groups in total. The molecule has 0 aliphatic rings. The van der Waals surface area contributed by atoms with Crippen molar-refractivity contribution >= 4 is 0 Å². The number of hydrogen-bond donors (Lipinski definition) is 0. The highest BCUT2D eigenvalue weighted by Gasteiger charge is 2.25. The smallest absolute Gasteiger partial charge is 0.292 e. The third-order valence-corrected chi connectivity index (χ3v) is 4.61. The highest BCUT2D eigenvalue weighted by atomic mass is 16.5. The highest BCUT2D eigenvalue weighted by molar-refractivity contribution is 5.49. The fourth-order valence-electron chi connectivity index (χ4n) is 3.01. The molecular weight excluding hydrogens is 320 g/mol. The van der Waals surface area contributed by atoms with Crippen molar-refractivity contribution in [1.29, 1.82) is 10.5 Å². The standard InChI is InChI=1S/C23H22N2O/c1-5-7-17-13-20(10-9-19(17)15-24)23(3,4)21-11-12-22(26-16-25)18(14-21)8-6-2/h5-6,9-14H,1-2,7-8H2,3-4H3. The summed E-state index contributed by atoms with van der Waals surface area (Å²) in [4.78, 5) is 0. The first-order chi connectivity index (χ1) is 12.5.